The summed E-state index contributed by atoms with van der Waals surface area (Å²) >= 11 is 0. The van der Waals surface area contributed by atoms with Crippen molar-refractivity contribution in [3.8, 4) is 6.01 Å². The molecule has 0 unspecified atom stereocenters. The average molecular weight is 195 g/mol. The SMILES string of the molecule is CNC(=O)CCOc1nccc(C)n1. The van der Waals surface area contributed by atoms with E-state index in [1.54, 1.807) is 19.3 Å². The molecule has 5 nitrogen and oxygen atoms in total. The fourth-order valence-corrected chi connectivity index (χ4v) is 0.855. The molecular weight excluding hydrogens is 182 g/mol. The zero-order chi connectivity index (χ0) is 10.4. The smallest absolute Gasteiger partial charge is 0.316 e. The molecule has 0 fully saturated rings. The van der Waals surface area contributed by atoms with Gasteiger partial charge in [-0.2, -0.15) is 0 Å². The summed E-state index contributed by atoms with van der Waals surface area (Å²) in [4.78, 5) is 18.8. The van der Waals surface area contributed by atoms with E-state index in [4.69, 9.17) is 4.74 Å². The van der Waals surface area contributed by atoms with Crippen LogP contribution in [0.1, 0.15) is 12.1 Å². The molecule has 1 N–H and O–H groups in total. The predicted octanol–water partition coefficient (Wildman–Crippen LogP) is 0.300. The van der Waals surface area contributed by atoms with Crippen LogP contribution in [0, 0.1) is 6.92 Å². The first-order valence-corrected chi connectivity index (χ1v) is 4.35. The van der Waals surface area contributed by atoms with Crippen LogP contribution in [0.3, 0.4) is 0 Å². The average Bonchev–Trinajstić information content (AvgIpc) is 2.17. The van der Waals surface area contributed by atoms with Crippen molar-refractivity contribution in [2.75, 3.05) is 13.7 Å². The summed E-state index contributed by atoms with van der Waals surface area (Å²) in [6, 6.07) is 2.10. The molecule has 1 rings (SSSR count). The van der Waals surface area contributed by atoms with Gasteiger partial charge in [0, 0.05) is 18.9 Å². The number of hydrogen-bond donors (Lipinski definition) is 1. The zero-order valence-corrected chi connectivity index (χ0v) is 8.28. The summed E-state index contributed by atoms with van der Waals surface area (Å²) < 4.78 is 5.18. The number of nitrogens with zero attached hydrogens (tertiary/aromatic N) is 2. The molecular formula is C9H13N3O2. The molecule has 1 aromatic rings. The van der Waals surface area contributed by atoms with Crippen LogP contribution < -0.4 is 10.1 Å². The number of aryl methyl sites for hydroxylation is 1. The molecule has 0 bridgehead atoms. The van der Waals surface area contributed by atoms with Crippen LogP contribution in [0.5, 0.6) is 6.01 Å². The Morgan fingerprint density at radius 3 is 3.07 bits per heavy atom. The van der Waals surface area contributed by atoms with Crippen LogP contribution in [0.2, 0.25) is 0 Å². The summed E-state index contributed by atoms with van der Waals surface area (Å²) in [7, 11) is 1.59. The Bertz CT molecular complexity index is 315. The van der Waals surface area contributed by atoms with Gasteiger partial charge in [0.05, 0.1) is 6.42 Å². The Morgan fingerprint density at radius 1 is 1.64 bits per heavy atom. The van der Waals surface area contributed by atoms with Gasteiger partial charge in [-0.1, -0.05) is 0 Å². The Labute approximate surface area is 82.5 Å². The molecule has 1 heterocycles. The van der Waals surface area contributed by atoms with Crippen LogP contribution >= 0.6 is 0 Å². The van der Waals surface area contributed by atoms with Gasteiger partial charge in [-0.05, 0) is 13.0 Å². The van der Waals surface area contributed by atoms with E-state index in [-0.39, 0.29) is 5.91 Å². The molecule has 14 heavy (non-hydrogen) atoms. The molecule has 1 amide bonds. The molecule has 0 saturated heterocycles. The summed E-state index contributed by atoms with van der Waals surface area (Å²) in [5.41, 5.74) is 0.843. The Kier molecular flexibility index (Phi) is 3.84. The number of rotatable bonds is 4. The third-order valence-corrected chi connectivity index (χ3v) is 1.61. The van der Waals surface area contributed by atoms with Gasteiger partial charge in [0.25, 0.3) is 0 Å². The molecule has 0 aromatic carbocycles. The fraction of sp³-hybridized carbons (Fsp3) is 0.444. The van der Waals surface area contributed by atoms with Crippen LogP contribution in [0.25, 0.3) is 0 Å². The lowest BCUT2D eigenvalue weighted by Gasteiger charge is -2.03. The van der Waals surface area contributed by atoms with Crippen molar-refractivity contribution in [3.63, 3.8) is 0 Å². The topological polar surface area (TPSA) is 64.1 Å². The lowest BCUT2D eigenvalue weighted by Crippen LogP contribution is -2.20. The molecule has 0 saturated carbocycles. The second kappa shape index (κ2) is 5.16. The summed E-state index contributed by atoms with van der Waals surface area (Å²) in [5, 5.41) is 2.50. The number of hydrogen-bond acceptors (Lipinski definition) is 4. The predicted molar refractivity (Wildman–Crippen MR) is 50.9 cm³/mol. The standard InChI is InChI=1S/C9H13N3O2/c1-7-3-5-11-9(12-7)14-6-4-8(13)10-2/h3,5H,4,6H2,1-2H3,(H,10,13). The van der Waals surface area contributed by atoms with E-state index in [9.17, 15) is 4.79 Å². The van der Waals surface area contributed by atoms with Crippen molar-refractivity contribution >= 4 is 5.91 Å². The zero-order valence-electron chi connectivity index (χ0n) is 8.28. The number of amides is 1. The number of ether oxygens (including phenoxy) is 1. The van der Waals surface area contributed by atoms with E-state index < -0.39 is 0 Å². The van der Waals surface area contributed by atoms with E-state index >= 15 is 0 Å². The van der Waals surface area contributed by atoms with Gasteiger partial charge in [0.15, 0.2) is 0 Å². The summed E-state index contributed by atoms with van der Waals surface area (Å²) in [5.74, 6) is -0.0577. The van der Waals surface area contributed by atoms with E-state index in [1.165, 1.54) is 0 Å². The molecule has 0 aliphatic rings. The van der Waals surface area contributed by atoms with Gasteiger partial charge in [-0.3, -0.25) is 4.79 Å². The molecule has 0 aliphatic carbocycles. The minimum atomic E-state index is -0.0577. The number of carbonyl (C=O) groups excluding carboxylic acids is 1. The molecule has 0 aliphatic heterocycles. The molecule has 1 aromatic heterocycles. The normalized spacial score (nSPS) is 9.57. The third-order valence-electron chi connectivity index (χ3n) is 1.61. The van der Waals surface area contributed by atoms with Gasteiger partial charge < -0.3 is 10.1 Å². The molecule has 0 radical (unpaired) electrons. The van der Waals surface area contributed by atoms with Crippen LogP contribution in [-0.2, 0) is 4.79 Å². The van der Waals surface area contributed by atoms with Crippen LogP contribution in [-0.4, -0.2) is 29.5 Å². The van der Waals surface area contributed by atoms with E-state index in [0.717, 1.165) is 5.69 Å². The van der Waals surface area contributed by atoms with Crippen molar-refractivity contribution < 1.29 is 9.53 Å². The van der Waals surface area contributed by atoms with Crippen LogP contribution in [0.4, 0.5) is 0 Å². The fourth-order valence-electron chi connectivity index (χ4n) is 0.855. The second-order valence-electron chi connectivity index (χ2n) is 2.75. The molecule has 0 spiro atoms. The van der Waals surface area contributed by atoms with Crippen molar-refractivity contribution in [2.24, 2.45) is 0 Å². The molecule has 5 heteroatoms. The number of aromatic nitrogens is 2. The number of nitrogens with one attached hydrogen (secondary N) is 1. The van der Waals surface area contributed by atoms with Gasteiger partial charge in [0.1, 0.15) is 6.61 Å². The van der Waals surface area contributed by atoms with E-state index in [1.807, 2.05) is 6.92 Å². The highest BCUT2D eigenvalue weighted by Crippen LogP contribution is 2.01. The molecule has 76 valence electrons. The van der Waals surface area contributed by atoms with Crippen molar-refractivity contribution in [2.45, 2.75) is 13.3 Å². The second-order valence-corrected chi connectivity index (χ2v) is 2.75. The highest BCUT2D eigenvalue weighted by molar-refractivity contribution is 5.75. The van der Waals surface area contributed by atoms with Gasteiger partial charge in [-0.25, -0.2) is 9.97 Å². The Morgan fingerprint density at radius 2 is 2.43 bits per heavy atom. The first-order chi connectivity index (χ1) is 6.72. The maximum absolute atomic E-state index is 10.8. The first-order valence-electron chi connectivity index (χ1n) is 4.35. The highest BCUT2D eigenvalue weighted by Gasteiger charge is 2.00. The first kappa shape index (κ1) is 10.4. The quantitative estimate of drug-likeness (QED) is 0.750. The minimum Gasteiger partial charge on any atom is -0.463 e. The maximum atomic E-state index is 10.8. The largest absolute Gasteiger partial charge is 0.463 e. The number of carbonyl (C=O) groups is 1. The van der Waals surface area contributed by atoms with Gasteiger partial charge in [0.2, 0.25) is 5.91 Å². The van der Waals surface area contributed by atoms with Gasteiger partial charge in [-0.15, -0.1) is 0 Å². The van der Waals surface area contributed by atoms with E-state index in [2.05, 4.69) is 15.3 Å². The van der Waals surface area contributed by atoms with E-state index in [0.29, 0.717) is 19.0 Å². The monoisotopic (exact) mass is 195 g/mol. The lowest BCUT2D eigenvalue weighted by atomic mass is 10.4. The lowest BCUT2D eigenvalue weighted by molar-refractivity contribution is -0.121. The maximum Gasteiger partial charge on any atom is 0.316 e. The highest BCUT2D eigenvalue weighted by atomic mass is 16.5. The van der Waals surface area contributed by atoms with Crippen molar-refractivity contribution in [1.82, 2.24) is 15.3 Å². The Hall–Kier alpha value is -1.65. The third kappa shape index (κ3) is 3.38. The molecule has 0 atom stereocenters. The van der Waals surface area contributed by atoms with Crippen LogP contribution in [0.15, 0.2) is 12.3 Å². The van der Waals surface area contributed by atoms with Crippen molar-refractivity contribution in [3.05, 3.63) is 18.0 Å². The summed E-state index contributed by atoms with van der Waals surface area (Å²) in [6.07, 6.45) is 1.94. The van der Waals surface area contributed by atoms with Crippen molar-refractivity contribution in [1.29, 1.82) is 0 Å². The van der Waals surface area contributed by atoms with Gasteiger partial charge >= 0.3 is 6.01 Å². The Balaban J connectivity index is 2.35. The summed E-state index contributed by atoms with van der Waals surface area (Å²) in [6.45, 7) is 2.15. The minimum absolute atomic E-state index is 0.0577.